The standard InChI is InChI=1S/C11H25N3/c1-5-13-6-8-14(9-7-13)10-12-11(2,3)4/h12H,5-10H2,1-4H3. The molecule has 14 heavy (non-hydrogen) atoms. The predicted molar refractivity (Wildman–Crippen MR) is 61.4 cm³/mol. The van der Waals surface area contributed by atoms with Crippen LogP contribution in [0.25, 0.3) is 0 Å². The van der Waals surface area contributed by atoms with Gasteiger partial charge in [0.1, 0.15) is 0 Å². The van der Waals surface area contributed by atoms with E-state index in [9.17, 15) is 0 Å². The lowest BCUT2D eigenvalue weighted by Crippen LogP contribution is -2.51. The minimum atomic E-state index is 0.238. The summed E-state index contributed by atoms with van der Waals surface area (Å²) < 4.78 is 0. The molecule has 1 aliphatic heterocycles. The fraction of sp³-hybridized carbons (Fsp3) is 1.00. The zero-order valence-electron chi connectivity index (χ0n) is 10.1. The molecule has 3 nitrogen and oxygen atoms in total. The topological polar surface area (TPSA) is 18.5 Å². The van der Waals surface area contributed by atoms with Gasteiger partial charge in [-0.25, -0.2) is 0 Å². The van der Waals surface area contributed by atoms with Gasteiger partial charge >= 0.3 is 0 Å². The van der Waals surface area contributed by atoms with Gasteiger partial charge in [0.05, 0.1) is 0 Å². The summed E-state index contributed by atoms with van der Waals surface area (Å²) in [5.41, 5.74) is 0.238. The lowest BCUT2D eigenvalue weighted by Gasteiger charge is -2.35. The SMILES string of the molecule is CCN1CCN(CNC(C)(C)C)CC1. The lowest BCUT2D eigenvalue weighted by molar-refractivity contribution is 0.121. The third-order valence-corrected chi connectivity index (χ3v) is 2.75. The number of hydrogen-bond acceptors (Lipinski definition) is 3. The van der Waals surface area contributed by atoms with E-state index in [0.717, 1.165) is 6.67 Å². The van der Waals surface area contributed by atoms with E-state index in [1.807, 2.05) is 0 Å². The molecule has 0 unspecified atom stereocenters. The molecule has 1 fully saturated rings. The molecule has 0 aromatic heterocycles. The maximum Gasteiger partial charge on any atom is 0.0485 e. The van der Waals surface area contributed by atoms with Crippen molar-refractivity contribution in [1.82, 2.24) is 15.1 Å². The van der Waals surface area contributed by atoms with Crippen LogP contribution in [0.15, 0.2) is 0 Å². The zero-order chi connectivity index (χ0) is 10.6. The smallest absolute Gasteiger partial charge is 0.0485 e. The molecule has 0 amide bonds. The van der Waals surface area contributed by atoms with Crippen molar-refractivity contribution in [2.24, 2.45) is 0 Å². The molecule has 0 aromatic carbocycles. The first kappa shape index (κ1) is 12.0. The molecule has 0 bridgehead atoms. The van der Waals surface area contributed by atoms with Crippen molar-refractivity contribution in [3.05, 3.63) is 0 Å². The summed E-state index contributed by atoms with van der Waals surface area (Å²) in [4.78, 5) is 5.00. The van der Waals surface area contributed by atoms with Gasteiger partial charge in [0.25, 0.3) is 0 Å². The molecular formula is C11H25N3. The van der Waals surface area contributed by atoms with Gasteiger partial charge < -0.3 is 4.90 Å². The average molecular weight is 199 g/mol. The monoisotopic (exact) mass is 199 g/mol. The number of piperazine rings is 1. The molecular weight excluding hydrogens is 174 g/mol. The van der Waals surface area contributed by atoms with E-state index in [-0.39, 0.29) is 5.54 Å². The molecule has 1 heterocycles. The summed E-state index contributed by atoms with van der Waals surface area (Å²) in [7, 11) is 0. The van der Waals surface area contributed by atoms with E-state index in [0.29, 0.717) is 0 Å². The molecule has 0 saturated carbocycles. The Morgan fingerprint density at radius 3 is 1.93 bits per heavy atom. The highest BCUT2D eigenvalue weighted by molar-refractivity contribution is 4.74. The summed E-state index contributed by atoms with van der Waals surface area (Å²) in [5.74, 6) is 0. The van der Waals surface area contributed by atoms with Crippen LogP contribution in [0.2, 0.25) is 0 Å². The van der Waals surface area contributed by atoms with Crippen molar-refractivity contribution in [3.63, 3.8) is 0 Å². The minimum Gasteiger partial charge on any atom is -0.301 e. The van der Waals surface area contributed by atoms with Crippen LogP contribution in [0.3, 0.4) is 0 Å². The normalized spacial score (nSPS) is 21.4. The van der Waals surface area contributed by atoms with Gasteiger partial charge in [0.2, 0.25) is 0 Å². The number of nitrogens with one attached hydrogen (secondary N) is 1. The van der Waals surface area contributed by atoms with Crippen molar-refractivity contribution >= 4 is 0 Å². The Balaban J connectivity index is 2.16. The molecule has 0 spiro atoms. The van der Waals surface area contributed by atoms with Crippen LogP contribution < -0.4 is 5.32 Å². The van der Waals surface area contributed by atoms with Gasteiger partial charge in [0, 0.05) is 38.4 Å². The molecule has 84 valence electrons. The van der Waals surface area contributed by atoms with Crippen LogP contribution in [-0.4, -0.2) is 54.7 Å². The van der Waals surface area contributed by atoms with E-state index >= 15 is 0 Å². The summed E-state index contributed by atoms with van der Waals surface area (Å²) in [6.45, 7) is 16.0. The maximum absolute atomic E-state index is 3.53. The minimum absolute atomic E-state index is 0.238. The van der Waals surface area contributed by atoms with Gasteiger partial charge in [-0.2, -0.15) is 0 Å². The van der Waals surface area contributed by atoms with Crippen LogP contribution in [0.4, 0.5) is 0 Å². The Hall–Kier alpha value is -0.120. The summed E-state index contributed by atoms with van der Waals surface area (Å²) in [6.07, 6.45) is 0. The average Bonchev–Trinajstić information content (AvgIpc) is 2.14. The largest absolute Gasteiger partial charge is 0.301 e. The first-order valence-corrected chi connectivity index (χ1v) is 5.71. The Morgan fingerprint density at radius 2 is 1.50 bits per heavy atom. The number of rotatable bonds is 3. The second kappa shape index (κ2) is 5.10. The van der Waals surface area contributed by atoms with Crippen LogP contribution in [0.1, 0.15) is 27.7 Å². The molecule has 1 saturated heterocycles. The summed E-state index contributed by atoms with van der Waals surface area (Å²) in [6, 6.07) is 0. The quantitative estimate of drug-likeness (QED) is 0.731. The van der Waals surface area contributed by atoms with Crippen LogP contribution >= 0.6 is 0 Å². The zero-order valence-corrected chi connectivity index (χ0v) is 10.1. The highest BCUT2D eigenvalue weighted by Gasteiger charge is 2.16. The van der Waals surface area contributed by atoms with Gasteiger partial charge in [-0.05, 0) is 27.3 Å². The van der Waals surface area contributed by atoms with E-state index < -0.39 is 0 Å². The van der Waals surface area contributed by atoms with Crippen molar-refractivity contribution in [2.45, 2.75) is 33.2 Å². The van der Waals surface area contributed by atoms with Crippen molar-refractivity contribution < 1.29 is 0 Å². The van der Waals surface area contributed by atoms with Gasteiger partial charge in [-0.3, -0.25) is 10.2 Å². The Kier molecular flexibility index (Phi) is 4.35. The van der Waals surface area contributed by atoms with Crippen LogP contribution in [-0.2, 0) is 0 Å². The molecule has 0 radical (unpaired) electrons. The highest BCUT2D eigenvalue weighted by Crippen LogP contribution is 2.02. The van der Waals surface area contributed by atoms with E-state index in [2.05, 4.69) is 42.8 Å². The Morgan fingerprint density at radius 1 is 1.00 bits per heavy atom. The fourth-order valence-corrected chi connectivity index (χ4v) is 1.61. The maximum atomic E-state index is 3.53. The van der Waals surface area contributed by atoms with E-state index in [1.165, 1.54) is 32.7 Å². The predicted octanol–water partition coefficient (Wildman–Crippen LogP) is 0.969. The van der Waals surface area contributed by atoms with Crippen molar-refractivity contribution in [2.75, 3.05) is 39.4 Å². The number of likely N-dealkylation sites (N-methyl/N-ethyl adjacent to an activating group) is 1. The van der Waals surface area contributed by atoms with Gasteiger partial charge in [0.15, 0.2) is 0 Å². The molecule has 1 rings (SSSR count). The number of hydrogen-bond donors (Lipinski definition) is 1. The molecule has 1 N–H and O–H groups in total. The molecule has 0 aromatic rings. The highest BCUT2D eigenvalue weighted by atomic mass is 15.3. The molecule has 0 aliphatic carbocycles. The summed E-state index contributed by atoms with van der Waals surface area (Å²) in [5, 5.41) is 3.53. The van der Waals surface area contributed by atoms with E-state index in [4.69, 9.17) is 0 Å². The second-order valence-corrected chi connectivity index (χ2v) is 5.14. The van der Waals surface area contributed by atoms with Crippen molar-refractivity contribution in [3.8, 4) is 0 Å². The van der Waals surface area contributed by atoms with Gasteiger partial charge in [-0.1, -0.05) is 6.92 Å². The Bertz CT molecular complexity index is 154. The fourth-order valence-electron chi connectivity index (χ4n) is 1.61. The number of nitrogens with zero attached hydrogens (tertiary/aromatic N) is 2. The third-order valence-electron chi connectivity index (χ3n) is 2.75. The van der Waals surface area contributed by atoms with Gasteiger partial charge in [-0.15, -0.1) is 0 Å². The molecule has 3 heteroatoms. The second-order valence-electron chi connectivity index (χ2n) is 5.14. The first-order chi connectivity index (χ1) is 6.51. The lowest BCUT2D eigenvalue weighted by atomic mass is 10.1. The Labute approximate surface area is 88.5 Å². The van der Waals surface area contributed by atoms with Crippen molar-refractivity contribution in [1.29, 1.82) is 0 Å². The first-order valence-electron chi connectivity index (χ1n) is 5.71. The molecule has 0 atom stereocenters. The van der Waals surface area contributed by atoms with E-state index in [1.54, 1.807) is 0 Å². The van der Waals surface area contributed by atoms with Crippen LogP contribution in [0, 0.1) is 0 Å². The molecule has 1 aliphatic rings. The summed E-state index contributed by atoms with van der Waals surface area (Å²) >= 11 is 0. The third kappa shape index (κ3) is 4.40. The van der Waals surface area contributed by atoms with Crippen LogP contribution in [0.5, 0.6) is 0 Å².